The molecule has 0 radical (unpaired) electrons. The normalized spacial score (nSPS) is 12.7. The third kappa shape index (κ3) is 2.67. The summed E-state index contributed by atoms with van der Waals surface area (Å²) >= 11 is 0. The molecule has 1 N–H and O–H groups in total. The molecule has 3 nitrogen and oxygen atoms in total. The van der Waals surface area contributed by atoms with Crippen LogP contribution in [-0.2, 0) is 6.42 Å². The maximum Gasteiger partial charge on any atom is 0.134 e. The molecule has 0 saturated carbocycles. The van der Waals surface area contributed by atoms with Crippen LogP contribution in [0.3, 0.4) is 0 Å². The van der Waals surface area contributed by atoms with Gasteiger partial charge < -0.3 is 9.73 Å². The SMILES string of the molecule is CNC(Cc1ccncc1)c1oc2ccc(F)cc2c1C. The molecule has 0 amide bonds. The lowest BCUT2D eigenvalue weighted by Gasteiger charge is -2.14. The molecule has 1 atom stereocenters. The summed E-state index contributed by atoms with van der Waals surface area (Å²) in [5.41, 5.74) is 2.88. The van der Waals surface area contributed by atoms with Crippen LogP contribution in [0, 0.1) is 12.7 Å². The second kappa shape index (κ2) is 5.66. The van der Waals surface area contributed by atoms with Crippen molar-refractivity contribution in [1.82, 2.24) is 10.3 Å². The van der Waals surface area contributed by atoms with E-state index < -0.39 is 0 Å². The van der Waals surface area contributed by atoms with E-state index in [1.165, 1.54) is 17.7 Å². The zero-order valence-corrected chi connectivity index (χ0v) is 12.1. The quantitative estimate of drug-likeness (QED) is 0.792. The number of halogens is 1. The molecule has 0 aliphatic carbocycles. The maximum absolute atomic E-state index is 13.4. The first-order valence-electron chi connectivity index (χ1n) is 6.93. The Labute approximate surface area is 122 Å². The van der Waals surface area contributed by atoms with Gasteiger partial charge in [-0.1, -0.05) is 0 Å². The third-order valence-corrected chi connectivity index (χ3v) is 3.79. The number of aryl methyl sites for hydroxylation is 1. The molecule has 3 aromatic rings. The highest BCUT2D eigenvalue weighted by molar-refractivity contribution is 5.82. The van der Waals surface area contributed by atoms with Crippen molar-refractivity contribution in [3.63, 3.8) is 0 Å². The Balaban J connectivity index is 1.99. The lowest BCUT2D eigenvalue weighted by molar-refractivity contribution is 0.447. The number of rotatable bonds is 4. The second-order valence-corrected chi connectivity index (χ2v) is 5.13. The summed E-state index contributed by atoms with van der Waals surface area (Å²) < 4.78 is 19.3. The summed E-state index contributed by atoms with van der Waals surface area (Å²) in [4.78, 5) is 4.03. The van der Waals surface area contributed by atoms with Gasteiger partial charge in [-0.3, -0.25) is 4.98 Å². The van der Waals surface area contributed by atoms with Crippen LogP contribution in [0.5, 0.6) is 0 Å². The molecule has 0 saturated heterocycles. The number of nitrogens with one attached hydrogen (secondary N) is 1. The number of hydrogen-bond acceptors (Lipinski definition) is 3. The fourth-order valence-electron chi connectivity index (χ4n) is 2.62. The Hall–Kier alpha value is -2.20. The Morgan fingerprint density at radius 3 is 2.71 bits per heavy atom. The second-order valence-electron chi connectivity index (χ2n) is 5.13. The predicted molar refractivity (Wildman–Crippen MR) is 80.7 cm³/mol. The van der Waals surface area contributed by atoms with Gasteiger partial charge in [-0.05, 0) is 56.3 Å². The molecule has 21 heavy (non-hydrogen) atoms. The Morgan fingerprint density at radius 2 is 2.00 bits per heavy atom. The summed E-state index contributed by atoms with van der Waals surface area (Å²) in [6.07, 6.45) is 4.36. The minimum atomic E-state index is -0.243. The van der Waals surface area contributed by atoms with Gasteiger partial charge in [0.25, 0.3) is 0 Å². The van der Waals surface area contributed by atoms with Crippen LogP contribution in [0.15, 0.2) is 47.1 Å². The molecule has 4 heteroatoms. The molecule has 0 bridgehead atoms. The zero-order valence-electron chi connectivity index (χ0n) is 12.1. The molecule has 1 unspecified atom stereocenters. The van der Waals surface area contributed by atoms with Crippen molar-refractivity contribution in [2.75, 3.05) is 7.05 Å². The van der Waals surface area contributed by atoms with E-state index in [0.717, 1.165) is 28.7 Å². The average Bonchev–Trinajstić information content (AvgIpc) is 2.83. The van der Waals surface area contributed by atoms with Gasteiger partial charge in [0, 0.05) is 23.3 Å². The van der Waals surface area contributed by atoms with Gasteiger partial charge in [-0.25, -0.2) is 4.39 Å². The van der Waals surface area contributed by atoms with Crippen LogP contribution in [0.2, 0.25) is 0 Å². The fourth-order valence-corrected chi connectivity index (χ4v) is 2.62. The van der Waals surface area contributed by atoms with E-state index in [4.69, 9.17) is 4.42 Å². The van der Waals surface area contributed by atoms with E-state index in [9.17, 15) is 4.39 Å². The number of benzene rings is 1. The molecule has 108 valence electrons. The minimum Gasteiger partial charge on any atom is -0.459 e. The van der Waals surface area contributed by atoms with E-state index in [2.05, 4.69) is 10.3 Å². The van der Waals surface area contributed by atoms with Crippen molar-refractivity contribution < 1.29 is 8.81 Å². The number of likely N-dealkylation sites (N-methyl/N-ethyl adjacent to an activating group) is 1. The topological polar surface area (TPSA) is 38.1 Å². The lowest BCUT2D eigenvalue weighted by Crippen LogP contribution is -2.19. The number of hydrogen-bond donors (Lipinski definition) is 1. The number of nitrogens with zero attached hydrogens (tertiary/aromatic N) is 1. The fraction of sp³-hybridized carbons (Fsp3) is 0.235. The molecule has 3 rings (SSSR count). The first-order valence-corrected chi connectivity index (χ1v) is 6.93. The van der Waals surface area contributed by atoms with Crippen LogP contribution in [0.25, 0.3) is 11.0 Å². The Bertz CT molecular complexity index is 752. The number of pyridine rings is 1. The molecule has 0 aliphatic heterocycles. The summed E-state index contributed by atoms with van der Waals surface area (Å²) in [7, 11) is 1.90. The van der Waals surface area contributed by atoms with Crippen LogP contribution in [0.4, 0.5) is 4.39 Å². The van der Waals surface area contributed by atoms with Crippen LogP contribution in [-0.4, -0.2) is 12.0 Å². The highest BCUT2D eigenvalue weighted by Gasteiger charge is 2.19. The van der Waals surface area contributed by atoms with Gasteiger partial charge in [0.1, 0.15) is 17.2 Å². The van der Waals surface area contributed by atoms with Crippen molar-refractivity contribution >= 4 is 11.0 Å². The van der Waals surface area contributed by atoms with E-state index >= 15 is 0 Å². The molecular formula is C17H17FN2O. The predicted octanol–water partition coefficient (Wildman–Crippen LogP) is 3.78. The first-order chi connectivity index (χ1) is 10.2. The summed E-state index contributed by atoms with van der Waals surface area (Å²) in [5, 5.41) is 4.11. The minimum absolute atomic E-state index is 0.0443. The summed E-state index contributed by atoms with van der Waals surface area (Å²) in [5.74, 6) is 0.614. The largest absolute Gasteiger partial charge is 0.459 e. The van der Waals surface area contributed by atoms with Crippen molar-refractivity contribution in [3.8, 4) is 0 Å². The standard InChI is InChI=1S/C17H17FN2O/c1-11-14-10-13(18)3-4-16(14)21-17(11)15(19-2)9-12-5-7-20-8-6-12/h3-8,10,15,19H,9H2,1-2H3. The highest BCUT2D eigenvalue weighted by atomic mass is 19.1. The highest BCUT2D eigenvalue weighted by Crippen LogP contribution is 2.31. The van der Waals surface area contributed by atoms with Gasteiger partial charge in [0.15, 0.2) is 0 Å². The molecule has 1 aromatic carbocycles. The summed E-state index contributed by atoms with van der Waals surface area (Å²) in [6.45, 7) is 1.97. The van der Waals surface area contributed by atoms with Gasteiger partial charge in [-0.15, -0.1) is 0 Å². The molecule has 0 aliphatic rings. The maximum atomic E-state index is 13.4. The number of furan rings is 1. The Morgan fingerprint density at radius 1 is 1.24 bits per heavy atom. The van der Waals surface area contributed by atoms with Crippen molar-refractivity contribution in [1.29, 1.82) is 0 Å². The molecular weight excluding hydrogens is 267 g/mol. The van der Waals surface area contributed by atoms with E-state index in [-0.39, 0.29) is 11.9 Å². The average molecular weight is 284 g/mol. The van der Waals surface area contributed by atoms with E-state index in [1.54, 1.807) is 18.5 Å². The van der Waals surface area contributed by atoms with Gasteiger partial charge in [0.05, 0.1) is 6.04 Å². The summed E-state index contributed by atoms with van der Waals surface area (Å²) in [6, 6.07) is 8.65. The van der Waals surface area contributed by atoms with Gasteiger partial charge in [-0.2, -0.15) is 0 Å². The van der Waals surface area contributed by atoms with Crippen LogP contribution < -0.4 is 5.32 Å². The van der Waals surface area contributed by atoms with Gasteiger partial charge >= 0.3 is 0 Å². The zero-order chi connectivity index (χ0) is 14.8. The Kier molecular flexibility index (Phi) is 3.71. The van der Waals surface area contributed by atoms with E-state index in [1.807, 2.05) is 26.1 Å². The molecule has 2 aromatic heterocycles. The smallest absolute Gasteiger partial charge is 0.134 e. The van der Waals surface area contributed by atoms with Crippen molar-refractivity contribution in [2.45, 2.75) is 19.4 Å². The van der Waals surface area contributed by atoms with Crippen molar-refractivity contribution in [3.05, 3.63) is 65.4 Å². The van der Waals surface area contributed by atoms with Crippen LogP contribution >= 0.6 is 0 Å². The molecule has 2 heterocycles. The number of aromatic nitrogens is 1. The van der Waals surface area contributed by atoms with Crippen molar-refractivity contribution in [2.24, 2.45) is 0 Å². The van der Waals surface area contributed by atoms with E-state index in [0.29, 0.717) is 0 Å². The third-order valence-electron chi connectivity index (χ3n) is 3.79. The molecule has 0 spiro atoms. The number of fused-ring (bicyclic) bond motifs is 1. The van der Waals surface area contributed by atoms with Crippen LogP contribution in [0.1, 0.15) is 22.9 Å². The van der Waals surface area contributed by atoms with Gasteiger partial charge in [0.2, 0.25) is 0 Å². The monoisotopic (exact) mass is 284 g/mol. The first kappa shape index (κ1) is 13.8. The molecule has 0 fully saturated rings. The lowest BCUT2D eigenvalue weighted by atomic mass is 10.0.